The molecule has 0 aliphatic heterocycles. The predicted octanol–water partition coefficient (Wildman–Crippen LogP) is 2.84. The Morgan fingerprint density at radius 1 is 1.35 bits per heavy atom. The maximum Gasteiger partial charge on any atom is 0.220 e. The fourth-order valence-corrected chi connectivity index (χ4v) is 1.67. The van der Waals surface area contributed by atoms with Gasteiger partial charge in [-0.2, -0.15) is 0 Å². The van der Waals surface area contributed by atoms with E-state index >= 15 is 0 Å². The Bertz CT molecular complexity index is 388. The average Bonchev–Trinajstić information content (AvgIpc) is 2.34. The van der Waals surface area contributed by atoms with Crippen LogP contribution < -0.4 is 5.32 Å². The zero-order valence-electron chi connectivity index (χ0n) is 10.1. The van der Waals surface area contributed by atoms with Crippen LogP contribution in [0.2, 0.25) is 0 Å². The largest absolute Gasteiger partial charge is 0.353 e. The zero-order chi connectivity index (χ0) is 12.5. The van der Waals surface area contributed by atoms with E-state index in [1.807, 2.05) is 24.3 Å². The van der Waals surface area contributed by atoms with Crippen molar-refractivity contribution in [3.63, 3.8) is 0 Å². The van der Waals surface area contributed by atoms with E-state index in [0.29, 0.717) is 18.8 Å². The molecular weight excluding hydrogens is 234 g/mol. The fourth-order valence-electron chi connectivity index (χ4n) is 1.55. The molecule has 3 heteroatoms. The molecule has 0 heterocycles. The molecule has 0 spiro atoms. The number of allylic oxidation sites excluding steroid dienone is 1. The Hall–Kier alpha value is -1.28. The lowest BCUT2D eigenvalue weighted by Gasteiger charge is -2.05. The zero-order valence-corrected chi connectivity index (χ0v) is 10.8. The minimum absolute atomic E-state index is 0.0764. The molecule has 1 aromatic carbocycles. The first kappa shape index (κ1) is 13.8. The summed E-state index contributed by atoms with van der Waals surface area (Å²) < 4.78 is 0. The minimum Gasteiger partial charge on any atom is -0.353 e. The number of carbonyl (C=O) groups is 1. The van der Waals surface area contributed by atoms with Crippen molar-refractivity contribution in [3.05, 3.63) is 47.5 Å². The van der Waals surface area contributed by atoms with Gasteiger partial charge in [0, 0.05) is 18.8 Å². The van der Waals surface area contributed by atoms with E-state index in [9.17, 15) is 4.79 Å². The van der Waals surface area contributed by atoms with E-state index in [0.717, 1.165) is 6.42 Å². The normalized spacial score (nSPS) is 10.7. The topological polar surface area (TPSA) is 29.1 Å². The van der Waals surface area contributed by atoms with Gasteiger partial charge in [0.2, 0.25) is 5.91 Å². The lowest BCUT2D eigenvalue weighted by Crippen LogP contribution is -2.23. The van der Waals surface area contributed by atoms with Crippen molar-refractivity contribution in [2.75, 3.05) is 12.4 Å². The maximum atomic E-state index is 11.5. The minimum atomic E-state index is 0.0764. The third-order valence-electron chi connectivity index (χ3n) is 2.56. The molecule has 0 saturated carbocycles. The Kier molecular flexibility index (Phi) is 6.41. The molecule has 1 amide bonds. The Morgan fingerprint density at radius 3 is 2.82 bits per heavy atom. The molecule has 1 rings (SSSR count). The SMILES string of the molecule is Cc1ccccc1CCC(=O)NC/C=C/CCl. The number of hydrogen-bond acceptors (Lipinski definition) is 1. The first-order chi connectivity index (χ1) is 8.24. The molecule has 0 unspecified atom stereocenters. The van der Waals surface area contributed by atoms with Crippen LogP contribution in [0.3, 0.4) is 0 Å². The van der Waals surface area contributed by atoms with Crippen LogP contribution in [0.1, 0.15) is 17.5 Å². The van der Waals surface area contributed by atoms with Crippen LogP contribution in [0, 0.1) is 6.92 Å². The summed E-state index contributed by atoms with van der Waals surface area (Å²) in [6.07, 6.45) is 5.00. The van der Waals surface area contributed by atoms with E-state index < -0.39 is 0 Å². The molecule has 1 aromatic rings. The first-order valence-electron chi connectivity index (χ1n) is 5.76. The smallest absolute Gasteiger partial charge is 0.220 e. The molecule has 0 atom stereocenters. The molecule has 1 N–H and O–H groups in total. The van der Waals surface area contributed by atoms with Gasteiger partial charge >= 0.3 is 0 Å². The van der Waals surface area contributed by atoms with Crippen LogP contribution in [0.25, 0.3) is 0 Å². The summed E-state index contributed by atoms with van der Waals surface area (Å²) in [6, 6.07) is 8.14. The number of aryl methyl sites for hydroxylation is 2. The summed E-state index contributed by atoms with van der Waals surface area (Å²) in [4.78, 5) is 11.5. The summed E-state index contributed by atoms with van der Waals surface area (Å²) in [5, 5.41) is 2.82. The third kappa shape index (κ3) is 5.55. The van der Waals surface area contributed by atoms with Gasteiger partial charge in [-0.15, -0.1) is 11.6 Å². The molecule has 0 saturated heterocycles. The Labute approximate surface area is 108 Å². The van der Waals surface area contributed by atoms with E-state index in [2.05, 4.69) is 24.4 Å². The van der Waals surface area contributed by atoms with Gasteiger partial charge in [0.05, 0.1) is 0 Å². The highest BCUT2D eigenvalue weighted by molar-refractivity contribution is 6.18. The van der Waals surface area contributed by atoms with E-state index in [4.69, 9.17) is 11.6 Å². The van der Waals surface area contributed by atoms with Crippen LogP contribution >= 0.6 is 11.6 Å². The van der Waals surface area contributed by atoms with Gasteiger partial charge in [-0.25, -0.2) is 0 Å². The predicted molar refractivity (Wildman–Crippen MR) is 72.4 cm³/mol. The molecular formula is C14H18ClNO. The third-order valence-corrected chi connectivity index (χ3v) is 2.73. The van der Waals surface area contributed by atoms with Gasteiger partial charge < -0.3 is 5.32 Å². The van der Waals surface area contributed by atoms with Gasteiger partial charge in [-0.05, 0) is 24.5 Å². The number of rotatable bonds is 6. The molecule has 0 radical (unpaired) electrons. The second kappa shape index (κ2) is 7.91. The quantitative estimate of drug-likeness (QED) is 0.611. The van der Waals surface area contributed by atoms with Crippen LogP contribution in [-0.4, -0.2) is 18.3 Å². The summed E-state index contributed by atoms with van der Waals surface area (Å²) in [6.45, 7) is 2.62. The van der Waals surface area contributed by atoms with Crippen molar-refractivity contribution in [2.45, 2.75) is 19.8 Å². The number of amides is 1. The monoisotopic (exact) mass is 251 g/mol. The van der Waals surface area contributed by atoms with Gasteiger partial charge in [0.25, 0.3) is 0 Å². The molecule has 0 bridgehead atoms. The highest BCUT2D eigenvalue weighted by Gasteiger charge is 2.02. The van der Waals surface area contributed by atoms with Crippen molar-refractivity contribution in [2.24, 2.45) is 0 Å². The standard InChI is InChI=1S/C14H18ClNO/c1-12-6-2-3-7-13(12)8-9-14(17)16-11-5-4-10-15/h2-7H,8-11H2,1H3,(H,16,17)/b5-4+. The molecule has 2 nitrogen and oxygen atoms in total. The Morgan fingerprint density at radius 2 is 2.12 bits per heavy atom. The van der Waals surface area contributed by atoms with Gasteiger partial charge in [0.1, 0.15) is 0 Å². The molecule has 0 aliphatic rings. The lowest BCUT2D eigenvalue weighted by atomic mass is 10.0. The number of hydrogen-bond donors (Lipinski definition) is 1. The van der Waals surface area contributed by atoms with Crippen LogP contribution in [0.5, 0.6) is 0 Å². The van der Waals surface area contributed by atoms with Gasteiger partial charge in [0.15, 0.2) is 0 Å². The molecule has 92 valence electrons. The highest BCUT2D eigenvalue weighted by Crippen LogP contribution is 2.09. The summed E-state index contributed by atoms with van der Waals surface area (Å²) in [5.74, 6) is 0.562. The van der Waals surface area contributed by atoms with E-state index in [-0.39, 0.29) is 5.91 Å². The number of alkyl halides is 1. The molecule has 17 heavy (non-hydrogen) atoms. The second-order valence-corrected chi connectivity index (χ2v) is 4.16. The van der Waals surface area contributed by atoms with E-state index in [1.165, 1.54) is 11.1 Å². The van der Waals surface area contributed by atoms with Gasteiger partial charge in [-0.1, -0.05) is 36.4 Å². The van der Waals surface area contributed by atoms with Crippen molar-refractivity contribution >= 4 is 17.5 Å². The summed E-state index contributed by atoms with van der Waals surface area (Å²) in [7, 11) is 0. The first-order valence-corrected chi connectivity index (χ1v) is 6.29. The molecule has 0 aromatic heterocycles. The van der Waals surface area contributed by atoms with Crippen molar-refractivity contribution in [1.29, 1.82) is 0 Å². The lowest BCUT2D eigenvalue weighted by molar-refractivity contribution is -0.120. The summed E-state index contributed by atoms with van der Waals surface area (Å²) >= 11 is 5.48. The van der Waals surface area contributed by atoms with Gasteiger partial charge in [-0.3, -0.25) is 4.79 Å². The van der Waals surface area contributed by atoms with Crippen molar-refractivity contribution in [3.8, 4) is 0 Å². The fraction of sp³-hybridized carbons (Fsp3) is 0.357. The highest BCUT2D eigenvalue weighted by atomic mass is 35.5. The van der Waals surface area contributed by atoms with Crippen LogP contribution in [0.4, 0.5) is 0 Å². The summed E-state index contributed by atoms with van der Waals surface area (Å²) in [5.41, 5.74) is 2.47. The number of halogens is 1. The maximum absolute atomic E-state index is 11.5. The van der Waals surface area contributed by atoms with Crippen LogP contribution in [-0.2, 0) is 11.2 Å². The van der Waals surface area contributed by atoms with Crippen molar-refractivity contribution in [1.82, 2.24) is 5.32 Å². The molecule has 0 fully saturated rings. The average molecular weight is 252 g/mol. The Balaban J connectivity index is 2.29. The second-order valence-electron chi connectivity index (χ2n) is 3.86. The number of nitrogens with one attached hydrogen (secondary N) is 1. The number of carbonyl (C=O) groups excluding carboxylic acids is 1. The molecule has 0 aliphatic carbocycles. The van der Waals surface area contributed by atoms with E-state index in [1.54, 1.807) is 0 Å². The number of benzene rings is 1. The van der Waals surface area contributed by atoms with Crippen LogP contribution in [0.15, 0.2) is 36.4 Å². The van der Waals surface area contributed by atoms with Crippen molar-refractivity contribution < 1.29 is 4.79 Å².